The second-order valence-electron chi connectivity index (χ2n) is 5.30. The predicted molar refractivity (Wildman–Crippen MR) is 86.9 cm³/mol. The van der Waals surface area contributed by atoms with Crippen molar-refractivity contribution in [1.82, 2.24) is 9.38 Å². The normalized spacial score (nSPS) is 11.5. The van der Waals surface area contributed by atoms with Gasteiger partial charge in [0.15, 0.2) is 4.96 Å². The molecule has 0 radical (unpaired) electrons. The van der Waals surface area contributed by atoms with Gasteiger partial charge in [-0.25, -0.2) is 9.78 Å². The maximum absolute atomic E-state index is 12.6. The Bertz CT molecular complexity index is 924. The second-order valence-corrected chi connectivity index (χ2v) is 6.31. The van der Waals surface area contributed by atoms with Crippen LogP contribution in [0.15, 0.2) is 29.2 Å². The van der Waals surface area contributed by atoms with E-state index in [1.165, 1.54) is 27.5 Å². The summed E-state index contributed by atoms with van der Waals surface area (Å²) in [5.74, 6) is -0.220. The SMILES string of the molecule is CCOC(=O)c1cnc2sc3cc(C(C)C)ccc3n2c1=O. The molecule has 3 aromatic rings. The lowest BCUT2D eigenvalue weighted by Gasteiger charge is -2.04. The lowest BCUT2D eigenvalue weighted by atomic mass is 10.0. The summed E-state index contributed by atoms with van der Waals surface area (Å²) in [5.41, 5.74) is 1.56. The summed E-state index contributed by atoms with van der Waals surface area (Å²) in [6.07, 6.45) is 1.30. The number of hydrogen-bond donors (Lipinski definition) is 0. The maximum atomic E-state index is 12.6. The number of hydrogen-bond acceptors (Lipinski definition) is 5. The molecule has 0 saturated carbocycles. The topological polar surface area (TPSA) is 60.7 Å². The largest absolute Gasteiger partial charge is 0.462 e. The molecular formula is C16H16N2O3S. The van der Waals surface area contributed by atoms with Crippen LogP contribution in [-0.2, 0) is 4.74 Å². The Kier molecular flexibility index (Phi) is 3.70. The standard InChI is InChI=1S/C16H16N2O3S/c1-4-21-15(20)11-8-17-16-18(14(11)19)12-6-5-10(9(2)3)7-13(12)22-16/h5-9H,4H2,1-3H3. The number of thiazole rings is 1. The quantitative estimate of drug-likeness (QED) is 0.696. The van der Waals surface area contributed by atoms with Crippen LogP contribution in [0, 0.1) is 0 Å². The Labute approximate surface area is 131 Å². The van der Waals surface area contributed by atoms with Gasteiger partial charge in [-0.05, 0) is 30.5 Å². The molecule has 0 atom stereocenters. The first-order chi connectivity index (χ1) is 10.5. The Morgan fingerprint density at radius 1 is 1.41 bits per heavy atom. The molecule has 22 heavy (non-hydrogen) atoms. The van der Waals surface area contributed by atoms with E-state index in [2.05, 4.69) is 24.9 Å². The Balaban J connectivity index is 2.27. The summed E-state index contributed by atoms with van der Waals surface area (Å²) in [5, 5.41) is 0. The number of rotatable bonds is 3. The molecule has 0 saturated heterocycles. The van der Waals surface area contributed by atoms with E-state index < -0.39 is 5.97 Å². The van der Waals surface area contributed by atoms with Gasteiger partial charge in [-0.2, -0.15) is 0 Å². The molecule has 2 aromatic heterocycles. The van der Waals surface area contributed by atoms with Crippen molar-refractivity contribution in [2.45, 2.75) is 26.7 Å². The van der Waals surface area contributed by atoms with Crippen LogP contribution in [0.1, 0.15) is 42.6 Å². The van der Waals surface area contributed by atoms with Crippen molar-refractivity contribution < 1.29 is 9.53 Å². The number of carbonyl (C=O) groups excluding carboxylic acids is 1. The van der Waals surface area contributed by atoms with E-state index in [0.29, 0.717) is 10.9 Å². The van der Waals surface area contributed by atoms with Crippen LogP contribution >= 0.6 is 11.3 Å². The van der Waals surface area contributed by atoms with Crippen molar-refractivity contribution >= 4 is 32.5 Å². The van der Waals surface area contributed by atoms with Gasteiger partial charge in [-0.3, -0.25) is 9.20 Å². The lowest BCUT2D eigenvalue weighted by Crippen LogP contribution is -2.23. The summed E-state index contributed by atoms with van der Waals surface area (Å²) in [6.45, 7) is 6.17. The third-order valence-corrected chi connectivity index (χ3v) is 4.53. The molecule has 0 bridgehead atoms. The fraction of sp³-hybridized carbons (Fsp3) is 0.312. The van der Waals surface area contributed by atoms with Gasteiger partial charge in [0.1, 0.15) is 5.56 Å². The molecule has 114 valence electrons. The summed E-state index contributed by atoms with van der Waals surface area (Å²) < 4.78 is 7.37. The van der Waals surface area contributed by atoms with E-state index in [4.69, 9.17) is 4.74 Å². The molecular weight excluding hydrogens is 300 g/mol. The fourth-order valence-corrected chi connectivity index (χ4v) is 3.36. The lowest BCUT2D eigenvalue weighted by molar-refractivity contribution is 0.0523. The first-order valence-corrected chi connectivity index (χ1v) is 7.96. The highest BCUT2D eigenvalue weighted by Gasteiger charge is 2.17. The molecule has 2 heterocycles. The zero-order valence-electron chi connectivity index (χ0n) is 12.6. The fourth-order valence-electron chi connectivity index (χ4n) is 2.33. The molecule has 0 N–H and O–H groups in total. The number of fused-ring (bicyclic) bond motifs is 3. The smallest absolute Gasteiger partial charge is 0.345 e. The van der Waals surface area contributed by atoms with Crippen molar-refractivity contribution in [2.24, 2.45) is 0 Å². The highest BCUT2D eigenvalue weighted by molar-refractivity contribution is 7.23. The Morgan fingerprint density at radius 3 is 2.86 bits per heavy atom. The highest BCUT2D eigenvalue weighted by Crippen LogP contribution is 2.27. The number of ether oxygens (including phenoxy) is 1. The number of aromatic nitrogens is 2. The first-order valence-electron chi connectivity index (χ1n) is 7.14. The van der Waals surface area contributed by atoms with E-state index >= 15 is 0 Å². The maximum Gasteiger partial charge on any atom is 0.345 e. The van der Waals surface area contributed by atoms with Gasteiger partial charge in [0.2, 0.25) is 0 Å². The summed E-state index contributed by atoms with van der Waals surface area (Å²) in [7, 11) is 0. The van der Waals surface area contributed by atoms with Crippen molar-refractivity contribution in [2.75, 3.05) is 6.61 Å². The van der Waals surface area contributed by atoms with Crippen molar-refractivity contribution in [3.63, 3.8) is 0 Å². The molecule has 5 nitrogen and oxygen atoms in total. The van der Waals surface area contributed by atoms with E-state index in [9.17, 15) is 9.59 Å². The summed E-state index contributed by atoms with van der Waals surface area (Å²) in [4.78, 5) is 29.2. The number of benzene rings is 1. The third-order valence-electron chi connectivity index (χ3n) is 3.52. The second kappa shape index (κ2) is 5.53. The van der Waals surface area contributed by atoms with Crippen molar-refractivity contribution in [3.05, 3.63) is 45.9 Å². The van der Waals surface area contributed by atoms with Crippen LogP contribution in [0.25, 0.3) is 15.2 Å². The average molecular weight is 316 g/mol. The minimum Gasteiger partial charge on any atom is -0.462 e. The Hall–Kier alpha value is -2.21. The molecule has 0 aliphatic heterocycles. The third kappa shape index (κ3) is 2.29. The molecule has 0 fully saturated rings. The van der Waals surface area contributed by atoms with Crippen molar-refractivity contribution in [3.8, 4) is 0 Å². The highest BCUT2D eigenvalue weighted by atomic mass is 32.1. The van der Waals surface area contributed by atoms with Crippen LogP contribution < -0.4 is 5.56 Å². The number of nitrogens with zero attached hydrogens (tertiary/aromatic N) is 2. The van der Waals surface area contributed by atoms with Gasteiger partial charge in [0.25, 0.3) is 5.56 Å². The van der Waals surface area contributed by atoms with Crippen LogP contribution in [0.2, 0.25) is 0 Å². The van der Waals surface area contributed by atoms with Crippen LogP contribution in [0.5, 0.6) is 0 Å². The van der Waals surface area contributed by atoms with Gasteiger partial charge in [-0.1, -0.05) is 31.3 Å². The van der Waals surface area contributed by atoms with Crippen LogP contribution in [-0.4, -0.2) is 22.0 Å². The minimum atomic E-state index is -0.632. The van der Waals surface area contributed by atoms with Crippen LogP contribution in [0.3, 0.4) is 0 Å². The molecule has 0 spiro atoms. The van der Waals surface area contributed by atoms with Gasteiger partial charge < -0.3 is 4.74 Å². The molecule has 0 amide bonds. The van der Waals surface area contributed by atoms with Gasteiger partial charge in [0.05, 0.1) is 23.0 Å². The van der Waals surface area contributed by atoms with Crippen molar-refractivity contribution in [1.29, 1.82) is 0 Å². The van der Waals surface area contributed by atoms with E-state index in [1.807, 2.05) is 12.1 Å². The summed E-state index contributed by atoms with van der Waals surface area (Å²) in [6, 6.07) is 5.98. The zero-order valence-corrected chi connectivity index (χ0v) is 13.4. The van der Waals surface area contributed by atoms with E-state index in [1.54, 1.807) is 6.92 Å². The average Bonchev–Trinajstić information content (AvgIpc) is 2.85. The molecule has 0 aliphatic carbocycles. The molecule has 3 rings (SSSR count). The number of esters is 1. The van der Waals surface area contributed by atoms with E-state index in [-0.39, 0.29) is 17.7 Å². The first kappa shape index (κ1) is 14.7. The zero-order chi connectivity index (χ0) is 15.9. The molecule has 1 aromatic carbocycles. The summed E-state index contributed by atoms with van der Waals surface area (Å²) >= 11 is 1.44. The molecule has 0 unspecified atom stereocenters. The van der Waals surface area contributed by atoms with Gasteiger partial charge in [-0.15, -0.1) is 0 Å². The minimum absolute atomic E-state index is 0.0352. The Morgan fingerprint density at radius 2 is 2.18 bits per heavy atom. The van der Waals surface area contributed by atoms with Crippen LogP contribution in [0.4, 0.5) is 0 Å². The monoisotopic (exact) mass is 316 g/mol. The van der Waals surface area contributed by atoms with Gasteiger partial charge >= 0.3 is 5.97 Å². The van der Waals surface area contributed by atoms with E-state index in [0.717, 1.165) is 10.2 Å². The predicted octanol–water partition coefficient (Wildman–Crippen LogP) is 3.21. The molecule has 6 heteroatoms. The number of carbonyl (C=O) groups is 1. The molecule has 0 aliphatic rings. The van der Waals surface area contributed by atoms with Gasteiger partial charge in [0, 0.05) is 0 Å².